The minimum atomic E-state index is 0.0332. The molecular formula is C22H28N4O3. The number of hydrogen-bond acceptors (Lipinski definition) is 6. The second kappa shape index (κ2) is 9.11. The lowest BCUT2D eigenvalue weighted by Gasteiger charge is -2.35. The van der Waals surface area contributed by atoms with Gasteiger partial charge in [-0.25, -0.2) is 0 Å². The summed E-state index contributed by atoms with van der Waals surface area (Å²) in [6.07, 6.45) is 6.25. The number of aromatic nitrogens is 2. The van der Waals surface area contributed by atoms with E-state index in [1.165, 1.54) is 19.3 Å². The zero-order valence-corrected chi connectivity index (χ0v) is 16.9. The van der Waals surface area contributed by atoms with Crippen LogP contribution in [0.3, 0.4) is 0 Å². The summed E-state index contributed by atoms with van der Waals surface area (Å²) in [6, 6.07) is 11.2. The zero-order chi connectivity index (χ0) is 20.1. The fraction of sp³-hybridized carbons (Fsp3) is 0.500. The summed E-state index contributed by atoms with van der Waals surface area (Å²) in [5, 5.41) is 8.61. The molecule has 2 aromatic rings. The van der Waals surface area contributed by atoms with Gasteiger partial charge in [-0.05, 0) is 49.9 Å². The number of carbonyl (C=O) groups is 1. The van der Waals surface area contributed by atoms with Crippen molar-refractivity contribution in [2.24, 2.45) is 0 Å². The van der Waals surface area contributed by atoms with E-state index in [1.807, 2.05) is 35.2 Å². The molecule has 1 aliphatic heterocycles. The lowest BCUT2D eigenvalue weighted by molar-refractivity contribution is 0.0746. The first kappa shape index (κ1) is 19.5. The molecule has 1 aliphatic carbocycles. The van der Waals surface area contributed by atoms with Crippen molar-refractivity contribution >= 4 is 11.7 Å². The fourth-order valence-corrected chi connectivity index (χ4v) is 3.98. The molecule has 1 saturated heterocycles. The minimum absolute atomic E-state index is 0.0332. The van der Waals surface area contributed by atoms with E-state index in [0.29, 0.717) is 30.3 Å². The summed E-state index contributed by atoms with van der Waals surface area (Å²) in [5.41, 5.74) is 0.654. The van der Waals surface area contributed by atoms with Gasteiger partial charge >= 0.3 is 0 Å². The highest BCUT2D eigenvalue weighted by molar-refractivity contribution is 5.94. The van der Waals surface area contributed by atoms with Gasteiger partial charge in [-0.1, -0.05) is 12.5 Å². The van der Waals surface area contributed by atoms with Crippen molar-refractivity contribution in [2.45, 2.75) is 38.2 Å². The standard InChI is InChI=1S/C22H28N4O3/c1-28-19-9-5-6-17(16-19)22(27)26-14-12-25(13-15-26)20-10-11-21(24-23-20)29-18-7-3-2-4-8-18/h5-6,9-11,16,18H,2-4,7-8,12-15H2,1H3. The fourth-order valence-electron chi connectivity index (χ4n) is 3.98. The first-order chi connectivity index (χ1) is 14.2. The van der Waals surface area contributed by atoms with Crippen LogP contribution in [0.5, 0.6) is 11.6 Å². The van der Waals surface area contributed by atoms with Gasteiger partial charge < -0.3 is 19.3 Å². The molecule has 2 aliphatic rings. The van der Waals surface area contributed by atoms with E-state index in [1.54, 1.807) is 13.2 Å². The topological polar surface area (TPSA) is 67.8 Å². The van der Waals surface area contributed by atoms with Gasteiger partial charge in [-0.15, -0.1) is 10.2 Å². The molecule has 0 radical (unpaired) electrons. The van der Waals surface area contributed by atoms with Crippen molar-refractivity contribution in [1.82, 2.24) is 15.1 Å². The Balaban J connectivity index is 1.31. The van der Waals surface area contributed by atoms with Gasteiger partial charge in [0.25, 0.3) is 5.91 Å². The third kappa shape index (κ3) is 4.78. The number of ether oxygens (including phenoxy) is 2. The molecule has 0 bridgehead atoms. The molecule has 7 heteroatoms. The van der Waals surface area contributed by atoms with E-state index < -0.39 is 0 Å². The van der Waals surface area contributed by atoms with Gasteiger partial charge in [0.15, 0.2) is 5.82 Å². The third-order valence-corrected chi connectivity index (χ3v) is 5.67. The van der Waals surface area contributed by atoms with Crippen molar-refractivity contribution in [3.05, 3.63) is 42.0 Å². The molecule has 1 amide bonds. The first-order valence-corrected chi connectivity index (χ1v) is 10.4. The summed E-state index contributed by atoms with van der Waals surface area (Å²) < 4.78 is 11.2. The van der Waals surface area contributed by atoms with Gasteiger partial charge in [0.1, 0.15) is 11.9 Å². The molecule has 154 valence electrons. The smallest absolute Gasteiger partial charge is 0.254 e. The van der Waals surface area contributed by atoms with E-state index in [0.717, 1.165) is 31.7 Å². The monoisotopic (exact) mass is 396 g/mol. The maximum Gasteiger partial charge on any atom is 0.254 e. The maximum absolute atomic E-state index is 12.8. The molecule has 0 unspecified atom stereocenters. The summed E-state index contributed by atoms with van der Waals surface area (Å²) in [7, 11) is 1.61. The highest BCUT2D eigenvalue weighted by Gasteiger charge is 2.23. The number of carbonyl (C=O) groups excluding carboxylic acids is 1. The van der Waals surface area contributed by atoms with E-state index >= 15 is 0 Å². The van der Waals surface area contributed by atoms with Crippen molar-refractivity contribution in [3.8, 4) is 11.6 Å². The summed E-state index contributed by atoms with van der Waals surface area (Å²) in [4.78, 5) is 16.8. The predicted molar refractivity (Wildman–Crippen MR) is 111 cm³/mol. The highest BCUT2D eigenvalue weighted by atomic mass is 16.5. The SMILES string of the molecule is COc1cccc(C(=O)N2CCN(c3ccc(OC4CCCCC4)nn3)CC2)c1. The van der Waals surface area contributed by atoms with Crippen LogP contribution in [0.2, 0.25) is 0 Å². The summed E-state index contributed by atoms with van der Waals surface area (Å²) in [6.45, 7) is 2.76. The molecule has 2 heterocycles. The van der Waals surface area contributed by atoms with Gasteiger partial charge in [0.05, 0.1) is 7.11 Å². The van der Waals surface area contributed by atoms with Crippen molar-refractivity contribution in [3.63, 3.8) is 0 Å². The molecule has 29 heavy (non-hydrogen) atoms. The average molecular weight is 396 g/mol. The van der Waals surface area contributed by atoms with Crippen LogP contribution in [-0.2, 0) is 0 Å². The Labute approximate surface area is 171 Å². The highest BCUT2D eigenvalue weighted by Crippen LogP contribution is 2.23. The van der Waals surface area contributed by atoms with Crippen molar-refractivity contribution < 1.29 is 14.3 Å². The number of rotatable bonds is 5. The molecule has 7 nitrogen and oxygen atoms in total. The zero-order valence-electron chi connectivity index (χ0n) is 16.9. The van der Waals surface area contributed by atoms with Gasteiger partial charge in [0, 0.05) is 37.8 Å². The van der Waals surface area contributed by atoms with Crippen LogP contribution in [0.4, 0.5) is 5.82 Å². The van der Waals surface area contributed by atoms with E-state index in [-0.39, 0.29) is 12.0 Å². The Kier molecular flexibility index (Phi) is 6.12. The average Bonchev–Trinajstić information content (AvgIpc) is 2.80. The van der Waals surface area contributed by atoms with Gasteiger partial charge in [-0.2, -0.15) is 0 Å². The number of nitrogens with zero attached hydrogens (tertiary/aromatic N) is 4. The van der Waals surface area contributed by atoms with E-state index in [9.17, 15) is 4.79 Å². The van der Waals surface area contributed by atoms with Crippen LogP contribution in [0.1, 0.15) is 42.5 Å². The lowest BCUT2D eigenvalue weighted by Crippen LogP contribution is -2.49. The second-order valence-corrected chi connectivity index (χ2v) is 7.62. The molecule has 1 aromatic carbocycles. The van der Waals surface area contributed by atoms with Crippen LogP contribution in [0.15, 0.2) is 36.4 Å². The Morgan fingerprint density at radius 1 is 1.00 bits per heavy atom. The Morgan fingerprint density at radius 2 is 1.79 bits per heavy atom. The normalized spacial score (nSPS) is 17.8. The number of hydrogen-bond donors (Lipinski definition) is 0. The molecule has 0 atom stereocenters. The van der Waals surface area contributed by atoms with Crippen LogP contribution in [-0.4, -0.2) is 60.4 Å². The van der Waals surface area contributed by atoms with Gasteiger partial charge in [-0.3, -0.25) is 4.79 Å². The maximum atomic E-state index is 12.8. The molecule has 1 aromatic heterocycles. The van der Waals surface area contributed by atoms with Crippen LogP contribution < -0.4 is 14.4 Å². The van der Waals surface area contributed by atoms with Crippen LogP contribution >= 0.6 is 0 Å². The summed E-state index contributed by atoms with van der Waals surface area (Å²) >= 11 is 0. The van der Waals surface area contributed by atoms with E-state index in [4.69, 9.17) is 9.47 Å². The Bertz CT molecular complexity index is 813. The van der Waals surface area contributed by atoms with Crippen LogP contribution in [0.25, 0.3) is 0 Å². The van der Waals surface area contributed by atoms with Crippen molar-refractivity contribution in [2.75, 3.05) is 38.2 Å². The summed E-state index contributed by atoms with van der Waals surface area (Å²) in [5.74, 6) is 2.16. The molecule has 0 N–H and O–H groups in total. The molecule has 4 rings (SSSR count). The van der Waals surface area contributed by atoms with Gasteiger partial charge in [0.2, 0.25) is 5.88 Å². The van der Waals surface area contributed by atoms with E-state index in [2.05, 4.69) is 15.1 Å². The number of methoxy groups -OCH3 is 1. The largest absolute Gasteiger partial charge is 0.497 e. The minimum Gasteiger partial charge on any atom is -0.497 e. The number of anilines is 1. The predicted octanol–water partition coefficient (Wildman–Crippen LogP) is 3.16. The van der Waals surface area contributed by atoms with Crippen LogP contribution in [0, 0.1) is 0 Å². The Hall–Kier alpha value is -2.83. The second-order valence-electron chi connectivity index (χ2n) is 7.62. The Morgan fingerprint density at radius 3 is 2.48 bits per heavy atom. The number of amides is 1. The number of piperazine rings is 1. The molecular weight excluding hydrogens is 368 g/mol. The lowest BCUT2D eigenvalue weighted by atomic mass is 9.98. The quantitative estimate of drug-likeness (QED) is 0.773. The number of benzene rings is 1. The van der Waals surface area contributed by atoms with Crippen molar-refractivity contribution in [1.29, 1.82) is 0 Å². The molecule has 2 fully saturated rings. The first-order valence-electron chi connectivity index (χ1n) is 10.4. The molecule has 0 spiro atoms. The third-order valence-electron chi connectivity index (χ3n) is 5.67. The molecule has 1 saturated carbocycles.